The summed E-state index contributed by atoms with van der Waals surface area (Å²) in [6.07, 6.45) is 8.57. The van der Waals surface area contributed by atoms with Gasteiger partial charge in [0.05, 0.1) is 30.8 Å². The number of halogens is 1. The largest absolute Gasteiger partial charge is 0.497 e. The minimum absolute atomic E-state index is 0.0839. The highest BCUT2D eigenvalue weighted by Crippen LogP contribution is 2.38. The normalized spacial score (nSPS) is 19.2. The Bertz CT molecular complexity index is 1390. The second-order valence-corrected chi connectivity index (χ2v) is 11.4. The molecule has 0 amide bonds. The zero-order chi connectivity index (χ0) is 24.2. The van der Waals surface area contributed by atoms with Gasteiger partial charge in [-0.15, -0.1) is 0 Å². The molecule has 35 heavy (non-hydrogen) atoms. The van der Waals surface area contributed by atoms with Crippen molar-refractivity contribution in [2.24, 2.45) is 0 Å². The summed E-state index contributed by atoms with van der Waals surface area (Å²) in [5.41, 5.74) is 1.13. The van der Waals surface area contributed by atoms with E-state index >= 15 is 4.39 Å². The summed E-state index contributed by atoms with van der Waals surface area (Å²) in [5.74, 6) is 1.62. The van der Waals surface area contributed by atoms with E-state index in [1.807, 2.05) is 34.0 Å². The molecular weight excluding hydrogens is 471 g/mol. The van der Waals surface area contributed by atoms with E-state index in [4.69, 9.17) is 9.84 Å². The molecule has 4 heterocycles. The first-order valence-corrected chi connectivity index (χ1v) is 13.4. The molecule has 1 saturated carbocycles. The minimum atomic E-state index is -3.18. The third-order valence-corrected chi connectivity index (χ3v) is 9.39. The van der Waals surface area contributed by atoms with Crippen LogP contribution in [-0.2, 0) is 16.6 Å². The minimum Gasteiger partial charge on any atom is -0.497 e. The van der Waals surface area contributed by atoms with Crippen LogP contribution < -0.4 is 9.64 Å². The van der Waals surface area contributed by atoms with Crippen molar-refractivity contribution >= 4 is 21.7 Å². The van der Waals surface area contributed by atoms with Gasteiger partial charge in [-0.2, -0.15) is 10.2 Å². The molecule has 1 saturated heterocycles. The number of rotatable bonds is 6. The van der Waals surface area contributed by atoms with Crippen LogP contribution in [0.25, 0.3) is 5.69 Å². The Balaban J connectivity index is 1.36. The topological polar surface area (TPSA) is 85.5 Å². The standard InChI is InChI=1S/C24H27FN6O3S/c1-34-18-3-6-22(20(25)15-18)31-24(29-11-2-12-30-23(29)7-10-26-30)16-21(27-31)17-8-13-28(14-9-17)35(32,33)19-4-5-19/h2-3,6-7,10-11,15-17,19H,4-5,8-9,12-14H2,1H3. The highest BCUT2D eigenvalue weighted by molar-refractivity contribution is 7.90. The van der Waals surface area contributed by atoms with E-state index in [0.29, 0.717) is 49.7 Å². The van der Waals surface area contributed by atoms with Crippen molar-refractivity contribution in [3.8, 4) is 11.4 Å². The van der Waals surface area contributed by atoms with E-state index in [0.717, 1.165) is 24.4 Å². The SMILES string of the molecule is COc1ccc(-n2nc(C3CCN(S(=O)(=O)C4CC4)CC3)cc2N2C=CCn3nccc32)c(F)c1. The Hall–Kier alpha value is -3.18. The summed E-state index contributed by atoms with van der Waals surface area (Å²) in [4.78, 5) is 1.95. The quantitative estimate of drug-likeness (QED) is 0.517. The van der Waals surface area contributed by atoms with Crippen LogP contribution in [-0.4, -0.2) is 57.7 Å². The molecule has 2 aliphatic heterocycles. The number of benzene rings is 1. The van der Waals surface area contributed by atoms with E-state index in [1.165, 1.54) is 13.2 Å². The van der Waals surface area contributed by atoms with Crippen LogP contribution in [0.5, 0.6) is 5.75 Å². The van der Waals surface area contributed by atoms with Gasteiger partial charge in [0.15, 0.2) is 5.82 Å². The van der Waals surface area contributed by atoms with E-state index < -0.39 is 15.8 Å². The number of hydrogen-bond donors (Lipinski definition) is 0. The number of methoxy groups -OCH3 is 1. The predicted octanol–water partition coefficient (Wildman–Crippen LogP) is 3.55. The maximum absolute atomic E-state index is 15.2. The molecule has 184 valence electrons. The number of allylic oxidation sites excluding steroid dienone is 1. The van der Waals surface area contributed by atoms with Crippen LogP contribution >= 0.6 is 0 Å². The lowest BCUT2D eigenvalue weighted by molar-refractivity contribution is 0.315. The molecule has 3 aromatic rings. The average molecular weight is 499 g/mol. The third-order valence-electron chi connectivity index (χ3n) is 6.99. The fourth-order valence-electron chi connectivity index (χ4n) is 4.90. The zero-order valence-corrected chi connectivity index (χ0v) is 20.2. The van der Waals surface area contributed by atoms with Gasteiger partial charge in [-0.25, -0.2) is 26.5 Å². The van der Waals surface area contributed by atoms with Gasteiger partial charge in [-0.3, -0.25) is 4.90 Å². The lowest BCUT2D eigenvalue weighted by Gasteiger charge is -2.30. The summed E-state index contributed by atoms with van der Waals surface area (Å²) in [7, 11) is -1.68. The van der Waals surface area contributed by atoms with Crippen LogP contribution in [0.3, 0.4) is 0 Å². The smallest absolute Gasteiger partial charge is 0.216 e. The van der Waals surface area contributed by atoms with Crippen LogP contribution in [0.4, 0.5) is 16.0 Å². The average Bonchev–Trinajstić information content (AvgIpc) is 3.48. The fraction of sp³-hybridized carbons (Fsp3) is 0.417. The number of aromatic nitrogens is 4. The molecule has 6 rings (SSSR count). The van der Waals surface area contributed by atoms with Gasteiger partial charge in [0.1, 0.15) is 23.1 Å². The number of anilines is 2. The number of nitrogens with zero attached hydrogens (tertiary/aromatic N) is 6. The van der Waals surface area contributed by atoms with Gasteiger partial charge in [0.25, 0.3) is 0 Å². The van der Waals surface area contributed by atoms with Crippen LogP contribution in [0, 0.1) is 5.82 Å². The maximum atomic E-state index is 15.2. The molecule has 0 unspecified atom stereocenters. The first kappa shape index (κ1) is 22.3. The van der Waals surface area contributed by atoms with Gasteiger partial charge in [0.2, 0.25) is 10.0 Å². The van der Waals surface area contributed by atoms with Gasteiger partial charge in [0, 0.05) is 43.4 Å². The Morgan fingerprint density at radius 1 is 1.06 bits per heavy atom. The lowest BCUT2D eigenvalue weighted by atomic mass is 9.95. The van der Waals surface area contributed by atoms with Crippen molar-refractivity contribution in [2.75, 3.05) is 25.1 Å². The number of hydrogen-bond acceptors (Lipinski definition) is 6. The zero-order valence-electron chi connectivity index (χ0n) is 19.4. The van der Waals surface area contributed by atoms with Crippen LogP contribution in [0.15, 0.2) is 48.8 Å². The Kier molecular flexibility index (Phi) is 5.41. The molecule has 9 nitrogen and oxygen atoms in total. The summed E-state index contributed by atoms with van der Waals surface area (Å²) in [6, 6.07) is 8.60. The monoisotopic (exact) mass is 498 g/mol. The van der Waals surface area contributed by atoms with Gasteiger partial charge >= 0.3 is 0 Å². The molecular formula is C24H27FN6O3S. The van der Waals surface area contributed by atoms with E-state index in [-0.39, 0.29) is 11.2 Å². The lowest BCUT2D eigenvalue weighted by Crippen LogP contribution is -2.39. The summed E-state index contributed by atoms with van der Waals surface area (Å²) in [6.45, 7) is 1.63. The highest BCUT2D eigenvalue weighted by Gasteiger charge is 2.41. The third kappa shape index (κ3) is 3.92. The molecule has 3 aliphatic rings. The van der Waals surface area contributed by atoms with Crippen molar-refractivity contribution in [3.63, 3.8) is 0 Å². The summed E-state index contributed by atoms with van der Waals surface area (Å²) < 4.78 is 50.7. The van der Waals surface area contributed by atoms with Gasteiger partial charge in [-0.05, 0) is 43.9 Å². The van der Waals surface area contributed by atoms with Gasteiger partial charge in [-0.1, -0.05) is 0 Å². The maximum Gasteiger partial charge on any atom is 0.216 e. The second-order valence-electron chi connectivity index (χ2n) is 9.20. The number of ether oxygens (including phenoxy) is 1. The van der Waals surface area contributed by atoms with Gasteiger partial charge < -0.3 is 4.74 Å². The van der Waals surface area contributed by atoms with Crippen molar-refractivity contribution in [1.82, 2.24) is 23.9 Å². The van der Waals surface area contributed by atoms with Crippen LogP contribution in [0.2, 0.25) is 0 Å². The molecule has 0 bridgehead atoms. The van der Waals surface area contributed by atoms with Crippen molar-refractivity contribution in [2.45, 2.75) is 43.4 Å². The van der Waals surface area contributed by atoms with Crippen molar-refractivity contribution in [1.29, 1.82) is 0 Å². The molecule has 1 aliphatic carbocycles. The highest BCUT2D eigenvalue weighted by atomic mass is 32.2. The number of piperidine rings is 1. The molecule has 0 spiro atoms. The summed E-state index contributed by atoms with van der Waals surface area (Å²) >= 11 is 0. The predicted molar refractivity (Wildman–Crippen MR) is 129 cm³/mol. The number of fused-ring (bicyclic) bond motifs is 1. The van der Waals surface area contributed by atoms with Crippen molar-refractivity contribution < 1.29 is 17.5 Å². The molecule has 2 aromatic heterocycles. The first-order valence-electron chi connectivity index (χ1n) is 11.9. The van der Waals surface area contributed by atoms with Crippen molar-refractivity contribution in [3.05, 3.63) is 60.3 Å². The molecule has 11 heteroatoms. The van der Waals surface area contributed by atoms with Crippen LogP contribution in [0.1, 0.15) is 37.3 Å². The molecule has 2 fully saturated rings. The first-order chi connectivity index (χ1) is 17.0. The van der Waals surface area contributed by atoms with E-state index in [9.17, 15) is 8.42 Å². The summed E-state index contributed by atoms with van der Waals surface area (Å²) in [5, 5.41) is 9.02. The Labute approximate surface area is 203 Å². The molecule has 0 radical (unpaired) electrons. The molecule has 1 aromatic carbocycles. The Morgan fingerprint density at radius 3 is 2.57 bits per heavy atom. The fourth-order valence-corrected chi connectivity index (χ4v) is 6.77. The van der Waals surface area contributed by atoms with E-state index in [1.54, 1.807) is 27.3 Å². The number of sulfonamides is 1. The second kappa shape index (κ2) is 8.49. The van der Waals surface area contributed by atoms with E-state index in [2.05, 4.69) is 5.10 Å². The Morgan fingerprint density at radius 2 is 1.86 bits per heavy atom. The molecule has 0 N–H and O–H groups in total. The molecule has 0 atom stereocenters.